The molecule has 3 heterocycles. The molecule has 0 saturated heterocycles. The smallest absolute Gasteiger partial charge is 0.277 e. The second-order valence-corrected chi connectivity index (χ2v) is 7.45. The van der Waals surface area contributed by atoms with Crippen molar-refractivity contribution in [1.29, 1.82) is 0 Å². The summed E-state index contributed by atoms with van der Waals surface area (Å²) in [6.45, 7) is 0. The molecular weight excluding hydrogens is 432 g/mol. The molecule has 0 saturated carbocycles. The molecule has 138 valence electrons. The van der Waals surface area contributed by atoms with E-state index in [1.54, 1.807) is 20.3 Å². The van der Waals surface area contributed by atoms with Crippen molar-refractivity contribution >= 4 is 33.3 Å². The molecule has 0 aliphatic carbocycles. The summed E-state index contributed by atoms with van der Waals surface area (Å²) in [5.41, 5.74) is 2.56. The van der Waals surface area contributed by atoms with E-state index in [0.717, 1.165) is 21.4 Å². The van der Waals surface area contributed by atoms with Gasteiger partial charge in [-0.25, -0.2) is 4.98 Å². The number of fused-ring (bicyclic) bond motifs is 1. The second-order valence-electron chi connectivity index (χ2n) is 5.61. The van der Waals surface area contributed by atoms with Crippen LogP contribution >= 0.6 is 27.7 Å². The van der Waals surface area contributed by atoms with Gasteiger partial charge in [0.15, 0.2) is 0 Å². The number of halogens is 1. The van der Waals surface area contributed by atoms with Gasteiger partial charge in [0.2, 0.25) is 5.89 Å². The normalized spacial score (nSPS) is 11.1. The van der Waals surface area contributed by atoms with Crippen molar-refractivity contribution in [2.45, 2.75) is 11.0 Å². The fourth-order valence-corrected chi connectivity index (χ4v) is 3.54. The molecule has 3 aromatic heterocycles. The van der Waals surface area contributed by atoms with Gasteiger partial charge in [-0.1, -0.05) is 11.8 Å². The lowest BCUT2D eigenvalue weighted by Crippen LogP contribution is -1.88. The highest BCUT2D eigenvalue weighted by Gasteiger charge is 2.13. The van der Waals surface area contributed by atoms with Gasteiger partial charge in [0.05, 0.1) is 19.9 Å². The third-order valence-electron chi connectivity index (χ3n) is 3.81. The third-order valence-corrected chi connectivity index (χ3v) is 5.13. The van der Waals surface area contributed by atoms with E-state index < -0.39 is 0 Å². The fraction of sp³-hybridized carbons (Fsp3) is 0.167. The molecule has 4 rings (SSSR count). The van der Waals surface area contributed by atoms with Crippen molar-refractivity contribution in [2.75, 3.05) is 14.2 Å². The number of pyridine rings is 1. The summed E-state index contributed by atoms with van der Waals surface area (Å²) < 4.78 is 19.3. The van der Waals surface area contributed by atoms with Gasteiger partial charge in [0.1, 0.15) is 17.1 Å². The number of hydrogen-bond donors (Lipinski definition) is 0. The molecule has 0 aliphatic heterocycles. The van der Waals surface area contributed by atoms with Gasteiger partial charge in [0, 0.05) is 34.2 Å². The lowest BCUT2D eigenvalue weighted by Gasteiger charge is -2.05. The van der Waals surface area contributed by atoms with E-state index in [2.05, 4.69) is 31.1 Å². The van der Waals surface area contributed by atoms with Crippen LogP contribution in [0.4, 0.5) is 0 Å². The van der Waals surface area contributed by atoms with Crippen LogP contribution < -0.4 is 9.47 Å². The predicted octanol–water partition coefficient (Wildman–Crippen LogP) is 4.46. The van der Waals surface area contributed by atoms with E-state index in [1.807, 2.05) is 41.1 Å². The van der Waals surface area contributed by atoms with Crippen molar-refractivity contribution in [3.63, 3.8) is 0 Å². The number of imidazole rings is 1. The molecule has 0 amide bonds. The van der Waals surface area contributed by atoms with Crippen LogP contribution in [-0.2, 0) is 5.75 Å². The molecule has 27 heavy (non-hydrogen) atoms. The van der Waals surface area contributed by atoms with Crippen LogP contribution in [-0.4, -0.2) is 33.8 Å². The highest BCUT2D eigenvalue weighted by atomic mass is 79.9. The third kappa shape index (κ3) is 3.93. The predicted molar refractivity (Wildman–Crippen MR) is 105 cm³/mol. The van der Waals surface area contributed by atoms with E-state index in [9.17, 15) is 0 Å². The van der Waals surface area contributed by atoms with Gasteiger partial charge in [-0.05, 0) is 40.2 Å². The zero-order valence-corrected chi connectivity index (χ0v) is 17.0. The maximum absolute atomic E-state index is 5.77. The van der Waals surface area contributed by atoms with Crippen molar-refractivity contribution in [1.82, 2.24) is 19.6 Å². The fourth-order valence-electron chi connectivity index (χ4n) is 2.54. The Morgan fingerprint density at radius 2 is 1.85 bits per heavy atom. The van der Waals surface area contributed by atoms with E-state index in [-0.39, 0.29) is 0 Å². The Morgan fingerprint density at radius 3 is 2.59 bits per heavy atom. The topological polar surface area (TPSA) is 74.7 Å². The molecule has 0 aliphatic rings. The summed E-state index contributed by atoms with van der Waals surface area (Å²) in [5.74, 6) is 2.36. The van der Waals surface area contributed by atoms with Crippen LogP contribution in [0, 0.1) is 0 Å². The number of rotatable bonds is 6. The Labute approximate surface area is 167 Å². The summed E-state index contributed by atoms with van der Waals surface area (Å²) >= 11 is 4.90. The van der Waals surface area contributed by atoms with Crippen molar-refractivity contribution in [2.24, 2.45) is 0 Å². The minimum absolute atomic E-state index is 0.411. The van der Waals surface area contributed by atoms with Crippen LogP contribution in [0.5, 0.6) is 11.5 Å². The van der Waals surface area contributed by atoms with Gasteiger partial charge in [-0.2, -0.15) is 0 Å². The lowest BCUT2D eigenvalue weighted by atomic mass is 10.2. The van der Waals surface area contributed by atoms with Crippen LogP contribution in [0.15, 0.2) is 56.8 Å². The Bertz CT molecular complexity index is 1070. The van der Waals surface area contributed by atoms with Gasteiger partial charge in [-0.3, -0.25) is 0 Å². The monoisotopic (exact) mass is 446 g/mol. The Morgan fingerprint density at radius 1 is 1.07 bits per heavy atom. The lowest BCUT2D eigenvalue weighted by molar-refractivity contribution is 0.394. The van der Waals surface area contributed by atoms with Gasteiger partial charge in [0.25, 0.3) is 5.22 Å². The molecule has 0 unspecified atom stereocenters. The first-order chi connectivity index (χ1) is 13.1. The van der Waals surface area contributed by atoms with E-state index in [4.69, 9.17) is 13.9 Å². The Kier molecular flexibility index (Phi) is 5.04. The van der Waals surface area contributed by atoms with Crippen molar-refractivity contribution in [3.8, 4) is 23.0 Å². The average Bonchev–Trinajstić information content (AvgIpc) is 3.32. The summed E-state index contributed by atoms with van der Waals surface area (Å²) in [7, 11) is 3.20. The SMILES string of the molecule is COc1cc(OC)cc(-c2nnc(SCc3cn4cc(Br)ccc4n3)o2)c1. The molecule has 4 aromatic rings. The second kappa shape index (κ2) is 7.61. The molecule has 0 fully saturated rings. The maximum Gasteiger partial charge on any atom is 0.277 e. The minimum Gasteiger partial charge on any atom is -0.497 e. The quantitative estimate of drug-likeness (QED) is 0.404. The first-order valence-electron chi connectivity index (χ1n) is 7.97. The number of hydrogen-bond acceptors (Lipinski definition) is 7. The molecule has 0 bridgehead atoms. The number of methoxy groups -OCH3 is 2. The molecular formula is C18H15BrN4O3S. The largest absolute Gasteiger partial charge is 0.497 e. The number of aromatic nitrogens is 4. The molecule has 0 spiro atoms. The minimum atomic E-state index is 0.411. The Hall–Kier alpha value is -2.52. The van der Waals surface area contributed by atoms with Crippen molar-refractivity contribution in [3.05, 3.63) is 52.9 Å². The Balaban J connectivity index is 1.50. The van der Waals surface area contributed by atoms with E-state index in [0.29, 0.717) is 28.4 Å². The van der Waals surface area contributed by atoms with E-state index >= 15 is 0 Å². The van der Waals surface area contributed by atoms with Gasteiger partial charge < -0.3 is 18.3 Å². The van der Waals surface area contributed by atoms with Crippen LogP contribution in [0.25, 0.3) is 17.1 Å². The zero-order valence-electron chi connectivity index (χ0n) is 14.5. The van der Waals surface area contributed by atoms with E-state index in [1.165, 1.54) is 11.8 Å². The summed E-state index contributed by atoms with van der Waals surface area (Å²) in [6.07, 6.45) is 3.95. The molecule has 0 N–H and O–H groups in total. The van der Waals surface area contributed by atoms with Gasteiger partial charge >= 0.3 is 0 Å². The number of benzene rings is 1. The molecule has 7 nitrogen and oxygen atoms in total. The summed E-state index contributed by atoms with van der Waals surface area (Å²) in [6, 6.07) is 9.36. The standard InChI is InChI=1S/C18H15BrN4O3S/c1-24-14-5-11(6-15(7-14)25-2)17-21-22-18(26-17)27-10-13-9-23-8-12(19)3-4-16(23)20-13/h3-9H,10H2,1-2H3. The number of thioether (sulfide) groups is 1. The number of nitrogens with zero attached hydrogens (tertiary/aromatic N) is 4. The molecule has 0 radical (unpaired) electrons. The first-order valence-corrected chi connectivity index (χ1v) is 9.75. The van der Waals surface area contributed by atoms with Crippen LogP contribution in [0.1, 0.15) is 5.69 Å². The molecule has 9 heteroatoms. The highest BCUT2D eigenvalue weighted by molar-refractivity contribution is 9.10. The van der Waals surface area contributed by atoms with Crippen molar-refractivity contribution < 1.29 is 13.9 Å². The zero-order chi connectivity index (χ0) is 18.8. The molecule has 0 atom stereocenters. The first kappa shape index (κ1) is 17.9. The maximum atomic E-state index is 5.77. The van der Waals surface area contributed by atoms with Crippen LogP contribution in [0.3, 0.4) is 0 Å². The summed E-state index contributed by atoms with van der Waals surface area (Å²) in [4.78, 5) is 4.58. The number of ether oxygens (including phenoxy) is 2. The van der Waals surface area contributed by atoms with Crippen LogP contribution in [0.2, 0.25) is 0 Å². The van der Waals surface area contributed by atoms with Gasteiger partial charge in [-0.15, -0.1) is 10.2 Å². The summed E-state index contributed by atoms with van der Waals surface area (Å²) in [5, 5.41) is 8.71. The average molecular weight is 447 g/mol. The molecule has 1 aromatic carbocycles. The highest BCUT2D eigenvalue weighted by Crippen LogP contribution is 2.31.